The predicted molar refractivity (Wildman–Crippen MR) is 421 cm³/mol. The minimum Gasteiger partial charge on any atom is -0.399 e. The van der Waals surface area contributed by atoms with Crippen molar-refractivity contribution >= 4 is 89.9 Å². The van der Waals surface area contributed by atoms with Gasteiger partial charge in [0, 0.05) is 108 Å². The number of nitrogens with one attached hydrogen (secondary N) is 2. The van der Waals surface area contributed by atoms with E-state index >= 15 is 0 Å². The number of morpholine rings is 4. The van der Waals surface area contributed by atoms with Gasteiger partial charge in [0.25, 0.3) is 0 Å². The number of nitrogen functional groups attached to an aromatic ring is 1. The lowest BCUT2D eigenvalue weighted by Crippen LogP contribution is -2.46. The number of aryl methyl sites for hydroxylation is 5. The second-order valence-electron chi connectivity index (χ2n) is 29.7. The van der Waals surface area contributed by atoms with E-state index in [1.807, 2.05) is 153 Å². The summed E-state index contributed by atoms with van der Waals surface area (Å²) < 4.78 is 55.2. The molecule has 0 unspecified atom stereocenters. The molecule has 7 aliphatic rings. The van der Waals surface area contributed by atoms with Crippen molar-refractivity contribution in [1.29, 1.82) is 0 Å². The Kier molecular flexibility index (Phi) is 28.1. The number of amides is 4. The van der Waals surface area contributed by atoms with Crippen molar-refractivity contribution in [1.82, 2.24) is 39.3 Å². The first-order valence-corrected chi connectivity index (χ1v) is 36.9. The zero-order valence-electron chi connectivity index (χ0n) is 64.3. The Labute approximate surface area is 632 Å². The third-order valence-electron chi connectivity index (χ3n) is 20.5. The average molecular weight is 1490 g/mol. The Hall–Kier alpha value is -7.33. The van der Waals surface area contributed by atoms with Crippen molar-refractivity contribution in [2.45, 2.75) is 157 Å². The maximum absolute atomic E-state index is 12.9. The van der Waals surface area contributed by atoms with E-state index in [0.717, 1.165) is 136 Å². The van der Waals surface area contributed by atoms with Gasteiger partial charge in [0.05, 0.1) is 103 Å². The van der Waals surface area contributed by atoms with Gasteiger partial charge in [0.1, 0.15) is 11.6 Å². The number of halogens is 2. The fraction of sp³-hybridized carbons (Fsp3) is 0.532. The molecule has 14 rings (SSSR count). The molecule has 4 N–H and O–H groups in total. The summed E-state index contributed by atoms with van der Waals surface area (Å²) in [5.74, 6) is 1.81. The summed E-state index contributed by atoms with van der Waals surface area (Å²) in [5.41, 5.74) is 17.6. The predicted octanol–water partition coefficient (Wildman–Crippen LogP) is 11.9. The van der Waals surface area contributed by atoms with Crippen molar-refractivity contribution in [2.75, 3.05) is 125 Å². The van der Waals surface area contributed by atoms with Gasteiger partial charge in [-0.3, -0.25) is 9.36 Å². The van der Waals surface area contributed by atoms with Gasteiger partial charge in [-0.25, -0.2) is 19.6 Å². The Morgan fingerprint density at radius 1 is 0.514 bits per heavy atom. The second-order valence-corrected chi connectivity index (χ2v) is 30.1. The molecule has 0 saturated carbocycles. The number of hydrogen-bond acceptors (Lipinski definition) is 18. The van der Waals surface area contributed by atoms with E-state index in [0.29, 0.717) is 63.7 Å². The fourth-order valence-electron chi connectivity index (χ4n) is 12.7. The van der Waals surface area contributed by atoms with Crippen molar-refractivity contribution < 1.29 is 51.9 Å². The number of urea groups is 2. The standard InChI is InChI=1S/C26H32N6O3.C19H29BN2O4.C13H20BNO2.C13H15ClN4O.C6H12O.ClH/c1-18-4-5-21(28-26(33)32-10-13-35-19(2)17-32)16-22(18)20-14-23(24-6-7-27-30(24)3)29-25(15-20)31-8-11-34-12-9-31;1-13-7-8-15(21-17(23)22-9-10-24-14(2)12-22)11-16(13)20-25-18(3,4)19(5,6)26-20;1-9-6-7-10(15)8-11(9)14-16-12(2,3)13(4,5)17-14;1-17-12(2-3-15-17)11-8-10(14)9-13(16-11)18-4-6-19-7-5-18;1-6-4-2-3-5-7-6;/h4-7,14-16,19H,8-13,17H2,1-3H3,(H,28,33);7-8,11,14H,9-10,12H2,1-6H3,(H,21,23);6-8H,15H2,1-5H3;2-3,8-9H,4-7H2,1H3;6H,2-5H2,1H3;1H/t19-;14-;;;6-;/m00..0./s1. The summed E-state index contributed by atoms with van der Waals surface area (Å²) in [6.07, 6.45) is 8.08. The number of rotatable bonds is 9. The number of pyridine rings is 2. The molecular formula is C77H109B2Cl2N13O11. The van der Waals surface area contributed by atoms with Gasteiger partial charge in [-0.1, -0.05) is 40.9 Å². The highest BCUT2D eigenvalue weighted by molar-refractivity contribution is 6.63. The van der Waals surface area contributed by atoms with Gasteiger partial charge in [-0.15, -0.1) is 12.4 Å². The SMILES string of the molecule is C[C@H]1CCCCO1.Cc1ccc(N)cc1B1OC(C)(C)C(C)(C)O1.Cc1ccc(NC(=O)N2CCO[C@@H](C)C2)cc1-c1cc(-c2ccnn2C)nc(N2CCOCC2)c1.Cc1ccc(NC(=O)N2CCO[C@@H](C)C2)cc1B1OC(C)(C)C(C)(C)O1.Cl.Cn1nccc1-c1cc(Cl)cc(N2CCOCC2)n1. The monoisotopic (exact) mass is 1480 g/mol. The van der Waals surface area contributed by atoms with Crippen molar-refractivity contribution in [2.24, 2.45) is 14.1 Å². The van der Waals surface area contributed by atoms with E-state index in [4.69, 9.17) is 64.6 Å². The molecule has 0 aliphatic carbocycles. The van der Waals surface area contributed by atoms with E-state index in [-0.39, 0.29) is 55.0 Å². The minimum absolute atomic E-state index is 0. The first-order valence-electron chi connectivity index (χ1n) is 36.5. The van der Waals surface area contributed by atoms with Gasteiger partial charge in [-0.2, -0.15) is 10.2 Å². The number of carbonyl (C=O) groups excluding carboxylic acids is 2. The molecule has 7 aromatic rings. The Balaban J connectivity index is 0.000000162. The molecule has 4 aromatic heterocycles. The summed E-state index contributed by atoms with van der Waals surface area (Å²) in [6.45, 7) is 39.2. The summed E-state index contributed by atoms with van der Waals surface area (Å²) in [7, 11) is 3.04. The largest absolute Gasteiger partial charge is 0.495 e. The number of aromatic nitrogens is 6. The van der Waals surface area contributed by atoms with Crippen LogP contribution in [0.25, 0.3) is 33.9 Å². The van der Waals surface area contributed by atoms with Gasteiger partial charge in [0.2, 0.25) is 0 Å². The summed E-state index contributed by atoms with van der Waals surface area (Å²) in [5, 5.41) is 15.2. The lowest BCUT2D eigenvalue weighted by molar-refractivity contribution is -0.00141. The molecule has 0 radical (unpaired) electrons. The number of nitrogens with zero attached hydrogens (tertiary/aromatic N) is 10. The van der Waals surface area contributed by atoms with E-state index in [2.05, 4.69) is 89.3 Å². The normalized spacial score (nSPS) is 20.9. The van der Waals surface area contributed by atoms with Gasteiger partial charge >= 0.3 is 26.3 Å². The van der Waals surface area contributed by atoms with Gasteiger partial charge in [-0.05, 0) is 217 Å². The summed E-state index contributed by atoms with van der Waals surface area (Å²) in [6, 6.07) is 29.4. The summed E-state index contributed by atoms with van der Waals surface area (Å²) in [4.78, 5) is 43.1. The molecule has 11 heterocycles. The second kappa shape index (κ2) is 36.0. The van der Waals surface area contributed by atoms with Crippen LogP contribution < -0.4 is 37.1 Å². The van der Waals surface area contributed by atoms with Crippen LogP contribution in [0, 0.1) is 20.8 Å². The van der Waals surface area contributed by atoms with Crippen LogP contribution in [0.2, 0.25) is 5.02 Å². The maximum Gasteiger partial charge on any atom is 0.495 e. The quantitative estimate of drug-likeness (QED) is 0.0899. The van der Waals surface area contributed by atoms with Crippen LogP contribution in [0.3, 0.4) is 0 Å². The van der Waals surface area contributed by atoms with E-state index in [9.17, 15) is 9.59 Å². The van der Waals surface area contributed by atoms with Crippen LogP contribution >= 0.6 is 24.0 Å². The average Bonchev–Trinajstić information content (AvgIpc) is 1.64. The number of hydrogen-bond donors (Lipinski definition) is 3. The van der Waals surface area contributed by atoms with Crippen LogP contribution in [0.1, 0.15) is 112 Å². The Morgan fingerprint density at radius 2 is 0.952 bits per heavy atom. The highest BCUT2D eigenvalue weighted by Crippen LogP contribution is 2.39. The Morgan fingerprint density at radius 3 is 1.39 bits per heavy atom. The van der Waals surface area contributed by atoms with Crippen LogP contribution in [0.4, 0.5) is 38.3 Å². The van der Waals surface area contributed by atoms with Gasteiger partial charge < -0.3 is 78.3 Å². The van der Waals surface area contributed by atoms with Crippen molar-refractivity contribution in [3.63, 3.8) is 0 Å². The molecular weight excluding hydrogens is 1380 g/mol. The molecule has 24 nitrogen and oxygen atoms in total. The molecule has 7 aliphatic heterocycles. The van der Waals surface area contributed by atoms with Crippen LogP contribution in [0.5, 0.6) is 0 Å². The van der Waals surface area contributed by atoms with Gasteiger partial charge in [0.15, 0.2) is 0 Å². The highest BCUT2D eigenvalue weighted by Gasteiger charge is 2.53. The molecule has 0 bridgehead atoms. The molecule has 3 atom stereocenters. The topological polar surface area (TPSA) is 242 Å². The first-order chi connectivity index (χ1) is 49.4. The fourth-order valence-corrected chi connectivity index (χ4v) is 12.9. The molecule has 4 amide bonds. The van der Waals surface area contributed by atoms with Crippen LogP contribution in [-0.4, -0.2) is 205 Å². The molecule has 568 valence electrons. The van der Waals surface area contributed by atoms with E-state index in [1.165, 1.54) is 19.3 Å². The van der Waals surface area contributed by atoms with Crippen molar-refractivity contribution in [3.8, 4) is 33.9 Å². The third kappa shape index (κ3) is 21.3. The maximum atomic E-state index is 12.9. The zero-order chi connectivity index (χ0) is 74.7. The molecule has 28 heteroatoms. The molecule has 0 spiro atoms. The number of benzene rings is 3. The lowest BCUT2D eigenvalue weighted by atomic mass is 9.76. The third-order valence-corrected chi connectivity index (χ3v) is 20.8. The minimum atomic E-state index is -0.444. The number of anilines is 5. The smallest absolute Gasteiger partial charge is 0.399 e. The Bertz CT molecular complexity index is 4000. The molecule has 3 aromatic carbocycles. The zero-order valence-corrected chi connectivity index (χ0v) is 65.8. The highest BCUT2D eigenvalue weighted by atomic mass is 35.5. The molecule has 105 heavy (non-hydrogen) atoms. The van der Waals surface area contributed by atoms with E-state index in [1.54, 1.807) is 26.9 Å². The summed E-state index contributed by atoms with van der Waals surface area (Å²) >= 11 is 6.21. The molecule has 7 fully saturated rings. The lowest BCUT2D eigenvalue weighted by Gasteiger charge is -2.32. The number of ether oxygens (including phenoxy) is 5. The van der Waals surface area contributed by atoms with Crippen LogP contribution in [0.15, 0.2) is 103 Å². The van der Waals surface area contributed by atoms with E-state index < -0.39 is 18.3 Å². The molecule has 7 saturated heterocycles. The first kappa shape index (κ1) is 81.7. The number of nitrogens with two attached hydrogens (primary N) is 1. The van der Waals surface area contributed by atoms with Crippen molar-refractivity contribution in [3.05, 3.63) is 125 Å². The number of carbonyl (C=O) groups is 2. The van der Waals surface area contributed by atoms with Crippen LogP contribution in [-0.2, 0) is 56.4 Å².